The summed E-state index contributed by atoms with van der Waals surface area (Å²) in [6, 6.07) is 13.6. The zero-order valence-corrected chi connectivity index (χ0v) is 16.0. The molecule has 0 aliphatic carbocycles. The summed E-state index contributed by atoms with van der Waals surface area (Å²) < 4.78 is 5.76. The Morgan fingerprint density at radius 2 is 1.88 bits per heavy atom. The average molecular weight is 366 g/mol. The van der Waals surface area contributed by atoms with E-state index in [1.807, 2.05) is 62.5 Å². The van der Waals surface area contributed by atoms with Crippen LogP contribution < -0.4 is 10.1 Å². The van der Waals surface area contributed by atoms with Crippen LogP contribution in [-0.2, 0) is 0 Å². The second kappa shape index (κ2) is 8.15. The molecule has 0 radical (unpaired) electrons. The normalized spacial score (nSPS) is 10.6. The predicted molar refractivity (Wildman–Crippen MR) is 106 cm³/mol. The Kier molecular flexibility index (Phi) is 5.68. The van der Waals surface area contributed by atoms with Crippen LogP contribution in [0.3, 0.4) is 0 Å². The lowest BCUT2D eigenvalue weighted by atomic mass is 10.1. The number of nitrogens with zero attached hydrogens (tertiary/aromatic N) is 1. The predicted octanol–water partition coefficient (Wildman–Crippen LogP) is 4.54. The molecule has 3 aromatic rings. The number of ether oxygens (including phenoxy) is 1. The summed E-state index contributed by atoms with van der Waals surface area (Å²) in [4.78, 5) is 16.7. The molecule has 0 aliphatic heterocycles. The van der Waals surface area contributed by atoms with Crippen LogP contribution in [0, 0.1) is 20.8 Å². The Bertz CT molecular complexity index is 901. The van der Waals surface area contributed by atoms with Gasteiger partial charge in [0, 0.05) is 16.5 Å². The van der Waals surface area contributed by atoms with Crippen molar-refractivity contribution in [2.75, 3.05) is 13.2 Å². The maximum atomic E-state index is 12.2. The van der Waals surface area contributed by atoms with Crippen molar-refractivity contribution in [1.29, 1.82) is 0 Å². The van der Waals surface area contributed by atoms with Crippen LogP contribution in [0.15, 0.2) is 47.8 Å². The third-order valence-electron chi connectivity index (χ3n) is 4.05. The highest BCUT2D eigenvalue weighted by molar-refractivity contribution is 7.09. The minimum Gasteiger partial charge on any atom is -0.491 e. The fourth-order valence-electron chi connectivity index (χ4n) is 2.58. The molecule has 3 rings (SSSR count). The molecule has 2 aromatic carbocycles. The number of rotatable bonds is 6. The Labute approximate surface area is 157 Å². The van der Waals surface area contributed by atoms with E-state index in [1.54, 1.807) is 11.3 Å². The molecule has 1 aromatic heterocycles. The molecule has 0 saturated carbocycles. The highest BCUT2D eigenvalue weighted by Gasteiger charge is 2.07. The lowest BCUT2D eigenvalue weighted by Crippen LogP contribution is -2.28. The topological polar surface area (TPSA) is 51.2 Å². The number of aromatic nitrogens is 1. The van der Waals surface area contributed by atoms with Gasteiger partial charge in [0.1, 0.15) is 12.4 Å². The summed E-state index contributed by atoms with van der Waals surface area (Å²) in [6.45, 7) is 6.92. The van der Waals surface area contributed by atoms with Crippen LogP contribution in [0.5, 0.6) is 5.75 Å². The molecule has 0 spiro atoms. The van der Waals surface area contributed by atoms with Crippen molar-refractivity contribution in [3.05, 3.63) is 69.5 Å². The van der Waals surface area contributed by atoms with Crippen molar-refractivity contribution >= 4 is 17.2 Å². The summed E-state index contributed by atoms with van der Waals surface area (Å²) in [5.74, 6) is 0.762. The second-order valence-electron chi connectivity index (χ2n) is 6.20. The summed E-state index contributed by atoms with van der Waals surface area (Å²) in [7, 11) is 0. The smallest absolute Gasteiger partial charge is 0.251 e. The first kappa shape index (κ1) is 18.1. The van der Waals surface area contributed by atoms with E-state index in [0.29, 0.717) is 18.7 Å². The molecule has 0 bridgehead atoms. The van der Waals surface area contributed by atoms with E-state index >= 15 is 0 Å². The van der Waals surface area contributed by atoms with Gasteiger partial charge in [-0.2, -0.15) is 0 Å². The van der Waals surface area contributed by atoms with E-state index in [0.717, 1.165) is 33.1 Å². The van der Waals surface area contributed by atoms with Crippen molar-refractivity contribution in [2.45, 2.75) is 20.8 Å². The number of carbonyl (C=O) groups is 1. The largest absolute Gasteiger partial charge is 0.491 e. The van der Waals surface area contributed by atoms with Gasteiger partial charge in [0.2, 0.25) is 0 Å². The van der Waals surface area contributed by atoms with E-state index in [-0.39, 0.29) is 5.91 Å². The Hall–Kier alpha value is -2.66. The van der Waals surface area contributed by atoms with E-state index < -0.39 is 0 Å². The zero-order valence-electron chi connectivity index (χ0n) is 15.2. The fourth-order valence-corrected chi connectivity index (χ4v) is 3.20. The van der Waals surface area contributed by atoms with Gasteiger partial charge in [-0.25, -0.2) is 4.98 Å². The monoisotopic (exact) mass is 366 g/mol. The molecular weight excluding hydrogens is 344 g/mol. The van der Waals surface area contributed by atoms with Crippen molar-refractivity contribution in [2.24, 2.45) is 0 Å². The average Bonchev–Trinajstić information content (AvgIpc) is 3.08. The van der Waals surface area contributed by atoms with Crippen molar-refractivity contribution < 1.29 is 9.53 Å². The number of carbonyl (C=O) groups excluding carboxylic acids is 1. The first-order chi connectivity index (χ1) is 12.5. The second-order valence-corrected chi connectivity index (χ2v) is 7.26. The van der Waals surface area contributed by atoms with Crippen LogP contribution in [-0.4, -0.2) is 24.0 Å². The van der Waals surface area contributed by atoms with Gasteiger partial charge in [0.25, 0.3) is 5.91 Å². The van der Waals surface area contributed by atoms with E-state index in [9.17, 15) is 4.79 Å². The molecule has 0 unspecified atom stereocenters. The first-order valence-corrected chi connectivity index (χ1v) is 9.42. The molecule has 26 heavy (non-hydrogen) atoms. The Morgan fingerprint density at radius 1 is 1.12 bits per heavy atom. The lowest BCUT2D eigenvalue weighted by molar-refractivity contribution is 0.0947. The minimum absolute atomic E-state index is 0.101. The third-order valence-corrected chi connectivity index (χ3v) is 4.82. The quantitative estimate of drug-likeness (QED) is 0.652. The van der Waals surface area contributed by atoms with Gasteiger partial charge in [-0.15, -0.1) is 11.3 Å². The summed E-state index contributed by atoms with van der Waals surface area (Å²) in [5, 5.41) is 5.94. The zero-order chi connectivity index (χ0) is 18.5. The molecule has 1 amide bonds. The SMILES string of the molecule is Cc1ccc(C)c(OCCNC(=O)c2ccc(-c3csc(C)n3)cc2)c1. The molecule has 1 heterocycles. The number of nitrogens with one attached hydrogen (secondary N) is 1. The van der Waals surface area contributed by atoms with Crippen LogP contribution in [0.2, 0.25) is 0 Å². The van der Waals surface area contributed by atoms with Crippen molar-refractivity contribution in [1.82, 2.24) is 10.3 Å². The van der Waals surface area contributed by atoms with Gasteiger partial charge in [-0.05, 0) is 50.1 Å². The first-order valence-electron chi connectivity index (χ1n) is 8.54. The van der Waals surface area contributed by atoms with Crippen LogP contribution in [0.1, 0.15) is 26.5 Å². The molecule has 4 nitrogen and oxygen atoms in total. The third kappa shape index (κ3) is 4.49. The Balaban J connectivity index is 1.51. The standard InChI is InChI=1S/C21H22N2O2S/c1-14-4-5-15(2)20(12-14)25-11-10-22-21(24)18-8-6-17(7-9-18)19-13-26-16(3)23-19/h4-9,12-13H,10-11H2,1-3H3,(H,22,24). The van der Waals surface area contributed by atoms with E-state index in [4.69, 9.17) is 4.74 Å². The number of thiazole rings is 1. The molecule has 0 aliphatic rings. The van der Waals surface area contributed by atoms with E-state index in [2.05, 4.69) is 16.4 Å². The highest BCUT2D eigenvalue weighted by atomic mass is 32.1. The number of amides is 1. The minimum atomic E-state index is -0.101. The number of benzene rings is 2. The van der Waals surface area contributed by atoms with Crippen molar-refractivity contribution in [3.8, 4) is 17.0 Å². The lowest BCUT2D eigenvalue weighted by Gasteiger charge is -2.11. The molecule has 134 valence electrons. The van der Waals surface area contributed by atoms with Gasteiger partial charge >= 0.3 is 0 Å². The highest BCUT2D eigenvalue weighted by Crippen LogP contribution is 2.22. The number of hydrogen-bond acceptors (Lipinski definition) is 4. The molecule has 0 fully saturated rings. The molecule has 5 heteroatoms. The van der Waals surface area contributed by atoms with E-state index in [1.165, 1.54) is 0 Å². The van der Waals surface area contributed by atoms with Gasteiger partial charge in [-0.3, -0.25) is 4.79 Å². The van der Waals surface area contributed by atoms with Gasteiger partial charge in [0.15, 0.2) is 0 Å². The van der Waals surface area contributed by atoms with Gasteiger partial charge in [0.05, 0.1) is 17.2 Å². The van der Waals surface area contributed by atoms with Gasteiger partial charge < -0.3 is 10.1 Å². The van der Waals surface area contributed by atoms with Crippen molar-refractivity contribution in [3.63, 3.8) is 0 Å². The summed E-state index contributed by atoms with van der Waals surface area (Å²) in [5.41, 5.74) is 4.85. The van der Waals surface area contributed by atoms with Crippen LogP contribution >= 0.6 is 11.3 Å². The maximum absolute atomic E-state index is 12.2. The molecular formula is C21H22N2O2S. The van der Waals surface area contributed by atoms with Gasteiger partial charge in [-0.1, -0.05) is 24.3 Å². The van der Waals surface area contributed by atoms with Crippen LogP contribution in [0.4, 0.5) is 0 Å². The molecule has 1 N–H and O–H groups in total. The fraction of sp³-hybridized carbons (Fsp3) is 0.238. The number of hydrogen-bond donors (Lipinski definition) is 1. The molecule has 0 atom stereocenters. The summed E-state index contributed by atoms with van der Waals surface area (Å²) >= 11 is 1.62. The number of aryl methyl sites for hydroxylation is 3. The molecule has 0 saturated heterocycles. The Morgan fingerprint density at radius 3 is 2.58 bits per heavy atom. The maximum Gasteiger partial charge on any atom is 0.251 e. The van der Waals surface area contributed by atoms with Crippen LogP contribution in [0.25, 0.3) is 11.3 Å². The summed E-state index contributed by atoms with van der Waals surface area (Å²) in [6.07, 6.45) is 0.